The highest BCUT2D eigenvalue weighted by atomic mass is 32.1. The summed E-state index contributed by atoms with van der Waals surface area (Å²) in [4.78, 5) is 13.2. The summed E-state index contributed by atoms with van der Waals surface area (Å²) < 4.78 is 11.0. The standard InChI is InChI=1S/C17H16N2O3S/c1-10-6-7-11(2)13(9-10)17(20)21-12(3)15-18-19-16(22-15)14-5-4-8-23-14/h4-9,12H,1-3H3/t12-/m1/s1. The molecule has 0 aliphatic heterocycles. The number of aryl methyl sites for hydroxylation is 2. The second-order valence-electron chi connectivity index (χ2n) is 5.29. The van der Waals surface area contributed by atoms with E-state index in [0.29, 0.717) is 11.5 Å². The van der Waals surface area contributed by atoms with Gasteiger partial charge in [-0.05, 0) is 43.8 Å². The smallest absolute Gasteiger partial charge is 0.339 e. The highest BCUT2D eigenvalue weighted by Crippen LogP contribution is 2.26. The molecule has 0 bridgehead atoms. The quantitative estimate of drug-likeness (QED) is 0.667. The minimum Gasteiger partial charge on any atom is -0.449 e. The highest BCUT2D eigenvalue weighted by molar-refractivity contribution is 7.13. The van der Waals surface area contributed by atoms with Gasteiger partial charge in [-0.25, -0.2) is 4.79 Å². The third kappa shape index (κ3) is 3.32. The van der Waals surface area contributed by atoms with E-state index < -0.39 is 12.1 Å². The van der Waals surface area contributed by atoms with Crippen LogP contribution in [0.15, 0.2) is 40.1 Å². The predicted octanol–water partition coefficient (Wildman–Crippen LogP) is 4.33. The van der Waals surface area contributed by atoms with Crippen LogP contribution in [-0.2, 0) is 4.74 Å². The first kappa shape index (κ1) is 15.4. The van der Waals surface area contributed by atoms with Crippen molar-refractivity contribution in [2.24, 2.45) is 0 Å². The van der Waals surface area contributed by atoms with Gasteiger partial charge < -0.3 is 9.15 Å². The van der Waals surface area contributed by atoms with Crippen molar-refractivity contribution in [3.8, 4) is 10.8 Å². The van der Waals surface area contributed by atoms with Crippen molar-refractivity contribution in [1.29, 1.82) is 0 Å². The number of esters is 1. The number of ether oxygens (including phenoxy) is 1. The van der Waals surface area contributed by atoms with Crippen molar-refractivity contribution in [2.45, 2.75) is 26.9 Å². The average molecular weight is 328 g/mol. The second kappa shape index (κ2) is 6.34. The Hall–Kier alpha value is -2.47. The molecule has 0 aliphatic carbocycles. The van der Waals surface area contributed by atoms with E-state index in [0.717, 1.165) is 16.0 Å². The van der Waals surface area contributed by atoms with E-state index in [-0.39, 0.29) is 5.89 Å². The van der Waals surface area contributed by atoms with Crippen LogP contribution in [0.5, 0.6) is 0 Å². The van der Waals surface area contributed by atoms with Crippen molar-refractivity contribution in [1.82, 2.24) is 10.2 Å². The molecule has 0 unspecified atom stereocenters. The van der Waals surface area contributed by atoms with Crippen LogP contribution in [0.25, 0.3) is 10.8 Å². The van der Waals surface area contributed by atoms with Gasteiger partial charge in [-0.15, -0.1) is 21.5 Å². The predicted molar refractivity (Wildman–Crippen MR) is 87.4 cm³/mol. The van der Waals surface area contributed by atoms with Gasteiger partial charge in [-0.2, -0.15) is 0 Å². The normalized spacial score (nSPS) is 12.1. The Bertz CT molecular complexity index is 824. The average Bonchev–Trinajstić information content (AvgIpc) is 3.19. The molecule has 0 amide bonds. The van der Waals surface area contributed by atoms with E-state index in [4.69, 9.17) is 9.15 Å². The summed E-state index contributed by atoms with van der Waals surface area (Å²) >= 11 is 1.51. The van der Waals surface area contributed by atoms with Crippen LogP contribution in [0, 0.1) is 13.8 Å². The van der Waals surface area contributed by atoms with Crippen molar-refractivity contribution >= 4 is 17.3 Å². The third-order valence-electron chi connectivity index (χ3n) is 3.42. The first-order valence-electron chi connectivity index (χ1n) is 7.20. The molecule has 0 saturated carbocycles. The summed E-state index contributed by atoms with van der Waals surface area (Å²) in [7, 11) is 0. The molecule has 3 aromatic rings. The number of hydrogen-bond acceptors (Lipinski definition) is 6. The fraction of sp³-hybridized carbons (Fsp3) is 0.235. The molecule has 0 radical (unpaired) electrons. The van der Waals surface area contributed by atoms with Gasteiger partial charge in [0.25, 0.3) is 11.8 Å². The zero-order valence-electron chi connectivity index (χ0n) is 13.1. The molecule has 5 nitrogen and oxygen atoms in total. The van der Waals surface area contributed by atoms with Crippen LogP contribution in [-0.4, -0.2) is 16.2 Å². The van der Waals surface area contributed by atoms with Gasteiger partial charge in [-0.3, -0.25) is 0 Å². The maximum atomic E-state index is 12.3. The number of aromatic nitrogens is 2. The lowest BCUT2D eigenvalue weighted by atomic mass is 10.1. The minimum atomic E-state index is -0.608. The van der Waals surface area contributed by atoms with Crippen LogP contribution < -0.4 is 0 Å². The summed E-state index contributed by atoms with van der Waals surface area (Å²) in [6, 6.07) is 9.48. The maximum absolute atomic E-state index is 12.3. The van der Waals surface area contributed by atoms with E-state index in [2.05, 4.69) is 10.2 Å². The van der Waals surface area contributed by atoms with Crippen molar-refractivity contribution in [2.75, 3.05) is 0 Å². The Balaban J connectivity index is 1.75. The molecule has 23 heavy (non-hydrogen) atoms. The minimum absolute atomic E-state index is 0.284. The van der Waals surface area contributed by atoms with Crippen molar-refractivity contribution in [3.63, 3.8) is 0 Å². The topological polar surface area (TPSA) is 65.2 Å². The third-order valence-corrected chi connectivity index (χ3v) is 4.28. The fourth-order valence-corrected chi connectivity index (χ4v) is 2.77. The molecule has 6 heteroatoms. The van der Waals surface area contributed by atoms with E-state index >= 15 is 0 Å². The van der Waals surface area contributed by atoms with Gasteiger partial charge in [-0.1, -0.05) is 23.8 Å². The summed E-state index contributed by atoms with van der Waals surface area (Å²) in [6.07, 6.45) is -0.608. The molecular formula is C17H16N2O3S. The molecule has 3 rings (SSSR count). The van der Waals surface area contributed by atoms with Gasteiger partial charge in [0, 0.05) is 0 Å². The van der Waals surface area contributed by atoms with Gasteiger partial charge in [0.2, 0.25) is 0 Å². The summed E-state index contributed by atoms with van der Waals surface area (Å²) in [5.74, 6) is 0.325. The molecule has 2 heterocycles. The van der Waals surface area contributed by atoms with Crippen LogP contribution in [0.2, 0.25) is 0 Å². The van der Waals surface area contributed by atoms with Gasteiger partial charge in [0.15, 0.2) is 6.10 Å². The molecule has 1 aromatic carbocycles. The molecule has 118 valence electrons. The Morgan fingerprint density at radius 2 is 2.09 bits per heavy atom. The van der Waals surface area contributed by atoms with E-state index in [9.17, 15) is 4.79 Å². The van der Waals surface area contributed by atoms with Gasteiger partial charge >= 0.3 is 5.97 Å². The van der Waals surface area contributed by atoms with Crippen molar-refractivity contribution < 1.29 is 13.9 Å². The number of nitrogens with zero attached hydrogens (tertiary/aromatic N) is 2. The second-order valence-corrected chi connectivity index (χ2v) is 6.24. The molecule has 0 N–H and O–H groups in total. The number of carbonyl (C=O) groups excluding carboxylic acids is 1. The molecule has 0 saturated heterocycles. The Morgan fingerprint density at radius 1 is 1.26 bits per heavy atom. The largest absolute Gasteiger partial charge is 0.449 e. The SMILES string of the molecule is Cc1ccc(C)c(C(=O)O[C@H](C)c2nnc(-c3cccs3)o2)c1. The molecule has 0 fully saturated rings. The monoisotopic (exact) mass is 328 g/mol. The Kier molecular flexibility index (Phi) is 4.25. The number of thiophene rings is 1. The maximum Gasteiger partial charge on any atom is 0.339 e. The first-order valence-corrected chi connectivity index (χ1v) is 8.08. The summed E-state index contributed by atoms with van der Waals surface area (Å²) in [5, 5.41) is 9.90. The van der Waals surface area contributed by atoms with Crippen molar-refractivity contribution in [3.05, 3.63) is 58.3 Å². The lowest BCUT2D eigenvalue weighted by molar-refractivity contribution is 0.0279. The molecular weight excluding hydrogens is 312 g/mol. The molecule has 1 atom stereocenters. The number of benzene rings is 1. The fourth-order valence-electron chi connectivity index (χ4n) is 2.13. The summed E-state index contributed by atoms with van der Waals surface area (Å²) in [6.45, 7) is 5.53. The zero-order valence-corrected chi connectivity index (χ0v) is 13.9. The highest BCUT2D eigenvalue weighted by Gasteiger charge is 2.21. The summed E-state index contributed by atoms with van der Waals surface area (Å²) in [5.41, 5.74) is 2.43. The molecule has 0 spiro atoms. The van der Waals surface area contributed by atoms with Crippen LogP contribution in [0.1, 0.15) is 40.4 Å². The Labute approximate surface area is 137 Å². The number of hydrogen-bond donors (Lipinski definition) is 0. The van der Waals surface area contributed by atoms with E-state index in [1.165, 1.54) is 11.3 Å². The number of carbonyl (C=O) groups is 1. The first-order chi connectivity index (χ1) is 11.0. The molecule has 0 aliphatic rings. The molecule has 2 aromatic heterocycles. The van der Waals surface area contributed by atoms with Crippen LogP contribution in [0.3, 0.4) is 0 Å². The zero-order chi connectivity index (χ0) is 16.4. The van der Waals surface area contributed by atoms with Gasteiger partial charge in [0.1, 0.15) is 0 Å². The van der Waals surface area contributed by atoms with E-state index in [1.54, 1.807) is 6.92 Å². The van der Waals surface area contributed by atoms with Crippen LogP contribution in [0.4, 0.5) is 0 Å². The lowest BCUT2D eigenvalue weighted by Crippen LogP contribution is -2.11. The number of rotatable bonds is 4. The van der Waals surface area contributed by atoms with E-state index in [1.807, 2.05) is 49.6 Å². The van der Waals surface area contributed by atoms with Gasteiger partial charge in [0.05, 0.1) is 10.4 Å². The Morgan fingerprint density at radius 3 is 2.83 bits per heavy atom. The van der Waals surface area contributed by atoms with Crippen LogP contribution >= 0.6 is 11.3 Å². The lowest BCUT2D eigenvalue weighted by Gasteiger charge is -2.11.